The van der Waals surface area contributed by atoms with Crippen LogP contribution < -0.4 is 0 Å². The second-order valence-corrected chi connectivity index (χ2v) is 8.82. The number of nitrogens with zero attached hydrogens (tertiary/aromatic N) is 3. The van der Waals surface area contributed by atoms with Crippen LogP contribution in [0.1, 0.15) is 35.5 Å². The zero-order valence-electron chi connectivity index (χ0n) is 19.6. The van der Waals surface area contributed by atoms with Gasteiger partial charge in [0.15, 0.2) is 5.17 Å². The number of benzene rings is 2. The number of carbonyl (C=O) groups is 3. The maximum Gasteiger partial charge on any atom is 0.335 e. The lowest BCUT2D eigenvalue weighted by Crippen LogP contribution is -2.28. The normalized spacial score (nSPS) is 16.0. The molecule has 180 valence electrons. The van der Waals surface area contributed by atoms with Crippen LogP contribution in [0, 0.1) is 6.92 Å². The van der Waals surface area contributed by atoms with Gasteiger partial charge in [-0.05, 0) is 68.9 Å². The van der Waals surface area contributed by atoms with E-state index in [0.717, 1.165) is 22.2 Å². The van der Waals surface area contributed by atoms with Gasteiger partial charge >= 0.3 is 11.9 Å². The number of carbonyl (C=O) groups excluding carboxylic acids is 2. The Morgan fingerprint density at radius 1 is 1.11 bits per heavy atom. The molecule has 1 N–H and O–H groups in total. The molecule has 2 aromatic carbocycles. The highest BCUT2D eigenvalue weighted by Gasteiger charge is 2.33. The van der Waals surface area contributed by atoms with Crippen molar-refractivity contribution in [1.29, 1.82) is 0 Å². The first-order chi connectivity index (χ1) is 16.8. The fourth-order valence-corrected chi connectivity index (χ4v) is 5.01. The molecule has 3 aromatic rings. The molecule has 1 aliphatic rings. The summed E-state index contributed by atoms with van der Waals surface area (Å²) in [6, 6.07) is 13.9. The highest BCUT2D eigenvalue weighted by atomic mass is 32.2. The predicted molar refractivity (Wildman–Crippen MR) is 137 cm³/mol. The van der Waals surface area contributed by atoms with Gasteiger partial charge in [-0.1, -0.05) is 18.2 Å². The van der Waals surface area contributed by atoms with Crippen molar-refractivity contribution in [3.05, 3.63) is 70.3 Å². The summed E-state index contributed by atoms with van der Waals surface area (Å²) in [5.74, 6) is -1.48. The van der Waals surface area contributed by atoms with Crippen molar-refractivity contribution in [1.82, 2.24) is 9.47 Å². The van der Waals surface area contributed by atoms with Crippen molar-refractivity contribution in [2.24, 2.45) is 4.99 Å². The van der Waals surface area contributed by atoms with E-state index in [0.29, 0.717) is 28.9 Å². The molecule has 35 heavy (non-hydrogen) atoms. The van der Waals surface area contributed by atoms with E-state index in [1.54, 1.807) is 24.0 Å². The number of amidine groups is 1. The Morgan fingerprint density at radius 2 is 1.83 bits per heavy atom. The van der Waals surface area contributed by atoms with Crippen LogP contribution in [0.2, 0.25) is 0 Å². The second-order valence-electron chi connectivity index (χ2n) is 7.81. The fourth-order valence-electron chi connectivity index (χ4n) is 3.97. The Kier molecular flexibility index (Phi) is 7.07. The Morgan fingerprint density at radius 3 is 2.49 bits per heavy atom. The van der Waals surface area contributed by atoms with E-state index in [4.69, 9.17) is 9.84 Å². The van der Waals surface area contributed by atoms with Gasteiger partial charge in [0, 0.05) is 28.7 Å². The number of thioether (sulfide) groups is 1. The zero-order valence-corrected chi connectivity index (χ0v) is 20.5. The summed E-state index contributed by atoms with van der Waals surface area (Å²) in [6.07, 6.45) is 1.85. The number of rotatable bonds is 7. The number of fused-ring (bicyclic) bond motifs is 1. The molecule has 1 saturated heterocycles. The molecule has 2 heterocycles. The van der Waals surface area contributed by atoms with Crippen molar-refractivity contribution in [3.8, 4) is 0 Å². The van der Waals surface area contributed by atoms with Crippen LogP contribution in [0.15, 0.2) is 58.4 Å². The maximum atomic E-state index is 13.2. The minimum atomic E-state index is -1.01. The summed E-state index contributed by atoms with van der Waals surface area (Å²) in [4.78, 5) is 43.2. The summed E-state index contributed by atoms with van der Waals surface area (Å²) < 4.78 is 7.04. The van der Waals surface area contributed by atoms with Gasteiger partial charge in [-0.3, -0.25) is 14.5 Å². The second kappa shape index (κ2) is 10.2. The van der Waals surface area contributed by atoms with Crippen molar-refractivity contribution in [2.75, 3.05) is 13.2 Å². The Balaban J connectivity index is 1.72. The van der Waals surface area contributed by atoms with E-state index >= 15 is 0 Å². The molecule has 0 unspecified atom stereocenters. The molecule has 0 bridgehead atoms. The van der Waals surface area contributed by atoms with Crippen molar-refractivity contribution < 1.29 is 24.2 Å². The SMILES string of the molecule is CCOC(=O)Cn1c(C)c(/C=C2/SC(=Nc3ccc(C(=O)O)cc3)N(CC)C2=O)c2ccccc21. The number of amides is 1. The van der Waals surface area contributed by atoms with Crippen LogP contribution in [0.5, 0.6) is 0 Å². The number of carboxylic acids is 1. The van der Waals surface area contributed by atoms with Crippen molar-refractivity contribution in [3.63, 3.8) is 0 Å². The third kappa shape index (κ3) is 4.85. The molecule has 0 spiro atoms. The maximum absolute atomic E-state index is 13.2. The lowest BCUT2D eigenvalue weighted by atomic mass is 10.1. The number of carboxylic acid groups (broad SMARTS) is 1. The number of aliphatic imine (C=N–C) groups is 1. The van der Waals surface area contributed by atoms with Crippen LogP contribution in [-0.4, -0.2) is 50.7 Å². The standard InChI is InChI=1S/C26H25N3O5S/c1-4-28-24(31)22(35-26(28)27-18-12-10-17(11-13-18)25(32)33)14-20-16(3)29(15-23(30)34-5-2)21-9-7-6-8-19(20)21/h6-14H,4-5,15H2,1-3H3,(H,32,33)/b22-14+,27-26?. The topological polar surface area (TPSA) is 101 Å². The first kappa shape index (κ1) is 24.3. The van der Waals surface area contributed by atoms with Gasteiger partial charge in [-0.15, -0.1) is 0 Å². The van der Waals surface area contributed by atoms with E-state index in [1.807, 2.05) is 48.8 Å². The average molecular weight is 492 g/mol. The predicted octanol–water partition coefficient (Wildman–Crippen LogP) is 4.83. The van der Waals surface area contributed by atoms with E-state index in [9.17, 15) is 14.4 Å². The molecule has 0 aliphatic carbocycles. The van der Waals surface area contributed by atoms with Gasteiger partial charge in [0.1, 0.15) is 6.54 Å². The number of hydrogen-bond acceptors (Lipinski definition) is 6. The monoisotopic (exact) mass is 491 g/mol. The Labute approximate surface area is 206 Å². The largest absolute Gasteiger partial charge is 0.478 e. The Hall–Kier alpha value is -3.85. The first-order valence-corrected chi connectivity index (χ1v) is 12.0. The van der Waals surface area contributed by atoms with Crippen LogP contribution in [-0.2, 0) is 20.9 Å². The van der Waals surface area contributed by atoms with Gasteiger partial charge < -0.3 is 14.4 Å². The molecular weight excluding hydrogens is 466 g/mol. The molecule has 8 nitrogen and oxygen atoms in total. The molecule has 0 radical (unpaired) electrons. The van der Waals surface area contributed by atoms with Gasteiger partial charge in [0.2, 0.25) is 0 Å². The summed E-state index contributed by atoms with van der Waals surface area (Å²) in [7, 11) is 0. The van der Waals surface area contributed by atoms with Gasteiger partial charge in [-0.2, -0.15) is 0 Å². The summed E-state index contributed by atoms with van der Waals surface area (Å²) >= 11 is 1.27. The van der Waals surface area contributed by atoms with Gasteiger partial charge in [0.05, 0.1) is 22.8 Å². The lowest BCUT2D eigenvalue weighted by molar-refractivity contribution is -0.143. The quantitative estimate of drug-likeness (QED) is 0.375. The van der Waals surface area contributed by atoms with Crippen LogP contribution in [0.3, 0.4) is 0 Å². The molecule has 4 rings (SSSR count). The molecule has 1 aromatic heterocycles. The molecule has 9 heteroatoms. The first-order valence-electron chi connectivity index (χ1n) is 11.2. The van der Waals surface area contributed by atoms with Crippen molar-refractivity contribution in [2.45, 2.75) is 27.3 Å². The number of hydrogen-bond donors (Lipinski definition) is 1. The highest BCUT2D eigenvalue weighted by Crippen LogP contribution is 2.36. The summed E-state index contributed by atoms with van der Waals surface area (Å²) in [5, 5.41) is 10.6. The van der Waals surface area contributed by atoms with Crippen LogP contribution >= 0.6 is 11.8 Å². The van der Waals surface area contributed by atoms with E-state index in [1.165, 1.54) is 23.9 Å². The van der Waals surface area contributed by atoms with Gasteiger partial charge in [0.25, 0.3) is 5.91 Å². The Bertz CT molecular complexity index is 1370. The summed E-state index contributed by atoms with van der Waals surface area (Å²) in [6.45, 7) is 6.42. The minimum Gasteiger partial charge on any atom is -0.478 e. The van der Waals surface area contributed by atoms with Crippen LogP contribution in [0.4, 0.5) is 5.69 Å². The van der Waals surface area contributed by atoms with Crippen molar-refractivity contribution >= 4 is 57.4 Å². The lowest BCUT2D eigenvalue weighted by Gasteiger charge is -2.12. The zero-order chi connectivity index (χ0) is 25.1. The van der Waals surface area contributed by atoms with Gasteiger partial charge in [-0.25, -0.2) is 9.79 Å². The average Bonchev–Trinajstić information content (AvgIpc) is 3.28. The van der Waals surface area contributed by atoms with Crippen LogP contribution in [0.25, 0.3) is 17.0 Å². The molecule has 0 atom stereocenters. The van der Waals surface area contributed by atoms with E-state index < -0.39 is 5.97 Å². The number of aromatic nitrogens is 1. The number of ether oxygens (including phenoxy) is 1. The van der Waals surface area contributed by atoms with E-state index in [-0.39, 0.29) is 24.0 Å². The molecule has 0 saturated carbocycles. The third-order valence-electron chi connectivity index (χ3n) is 5.69. The molecule has 1 fully saturated rings. The fraction of sp³-hybridized carbons (Fsp3) is 0.231. The number of aromatic carboxylic acids is 1. The number of esters is 1. The highest BCUT2D eigenvalue weighted by molar-refractivity contribution is 8.18. The molecule has 1 amide bonds. The minimum absolute atomic E-state index is 0.0879. The molecular formula is C26H25N3O5S. The summed E-state index contributed by atoms with van der Waals surface area (Å²) in [5.41, 5.74) is 3.35. The van der Waals surface area contributed by atoms with E-state index in [2.05, 4.69) is 4.99 Å². The smallest absolute Gasteiger partial charge is 0.335 e. The third-order valence-corrected chi connectivity index (χ3v) is 6.70. The number of para-hydroxylation sites is 1. The molecule has 1 aliphatic heterocycles. The number of likely N-dealkylation sites (N-methyl/N-ethyl adjacent to an activating group) is 1.